The van der Waals surface area contributed by atoms with E-state index in [2.05, 4.69) is 38.8 Å². The minimum absolute atomic E-state index is 0.511. The highest BCUT2D eigenvalue weighted by molar-refractivity contribution is 8.06. The van der Waals surface area contributed by atoms with E-state index >= 15 is 0 Å². The number of hydrogen-bond acceptors (Lipinski definition) is 3. The van der Waals surface area contributed by atoms with Crippen LogP contribution in [0, 0.1) is 5.92 Å². The summed E-state index contributed by atoms with van der Waals surface area (Å²) in [7, 11) is 0. The second-order valence-electron chi connectivity index (χ2n) is 5.16. The van der Waals surface area contributed by atoms with E-state index in [0.29, 0.717) is 5.92 Å². The van der Waals surface area contributed by atoms with Crippen LogP contribution in [0.4, 0.5) is 0 Å². The van der Waals surface area contributed by atoms with Crippen LogP contribution in [0.1, 0.15) is 33.1 Å². The molecule has 0 aliphatic carbocycles. The number of thioether (sulfide) groups is 1. The van der Waals surface area contributed by atoms with Crippen LogP contribution in [0.3, 0.4) is 0 Å². The molecule has 21 heavy (non-hydrogen) atoms. The molecule has 0 bridgehead atoms. The first-order valence-corrected chi connectivity index (χ1v) is 7.87. The minimum Gasteiger partial charge on any atom is -0.405 e. The minimum atomic E-state index is 0.511. The first kappa shape index (κ1) is 19.4. The lowest BCUT2D eigenvalue weighted by Gasteiger charge is -2.09. The Morgan fingerprint density at radius 1 is 1.29 bits per heavy atom. The summed E-state index contributed by atoms with van der Waals surface area (Å²) < 4.78 is 0. The average molecular weight is 305 g/mol. The largest absolute Gasteiger partial charge is 0.405 e. The summed E-state index contributed by atoms with van der Waals surface area (Å²) in [6, 6.07) is 0. The van der Waals surface area contributed by atoms with Crippen molar-refractivity contribution in [1.82, 2.24) is 0 Å². The summed E-state index contributed by atoms with van der Waals surface area (Å²) in [6.07, 6.45) is 12.4. The fraction of sp³-hybridized carbons (Fsp3) is 0.333. The molecule has 0 aromatic carbocycles. The van der Waals surface area contributed by atoms with Gasteiger partial charge in [0.15, 0.2) is 0 Å². The molecule has 0 aliphatic heterocycles. The summed E-state index contributed by atoms with van der Waals surface area (Å²) in [5, 5.41) is 0. The van der Waals surface area contributed by atoms with E-state index in [1.165, 1.54) is 6.20 Å². The predicted molar refractivity (Wildman–Crippen MR) is 98.4 cm³/mol. The first-order valence-electron chi connectivity index (χ1n) is 7.06. The van der Waals surface area contributed by atoms with Gasteiger partial charge >= 0.3 is 0 Å². The van der Waals surface area contributed by atoms with Gasteiger partial charge in [0, 0.05) is 10.6 Å². The Morgan fingerprint density at radius 3 is 2.52 bits per heavy atom. The molecular formula is C18H28N2S. The van der Waals surface area contributed by atoms with Crippen LogP contribution in [0.2, 0.25) is 0 Å². The van der Waals surface area contributed by atoms with E-state index in [0.717, 1.165) is 40.3 Å². The zero-order chi connectivity index (χ0) is 16.3. The Kier molecular flexibility index (Phi) is 10.2. The smallest absolute Gasteiger partial charge is 0.00634 e. The van der Waals surface area contributed by atoms with E-state index in [1.54, 1.807) is 11.8 Å². The number of nitrogens with two attached hydrogens (primary N) is 2. The fourth-order valence-electron chi connectivity index (χ4n) is 1.66. The van der Waals surface area contributed by atoms with E-state index < -0.39 is 0 Å². The molecule has 0 saturated heterocycles. The summed E-state index contributed by atoms with van der Waals surface area (Å²) in [6.45, 7) is 16.0. The van der Waals surface area contributed by atoms with Gasteiger partial charge in [0.1, 0.15) is 0 Å². The lowest BCUT2D eigenvalue weighted by Crippen LogP contribution is -1.92. The van der Waals surface area contributed by atoms with Crippen molar-refractivity contribution in [3.63, 3.8) is 0 Å². The second-order valence-corrected chi connectivity index (χ2v) is 6.47. The number of hydrogen-bond donors (Lipinski definition) is 2. The van der Waals surface area contributed by atoms with Crippen LogP contribution in [0.15, 0.2) is 71.3 Å². The third kappa shape index (κ3) is 11.9. The zero-order valence-corrected chi connectivity index (χ0v) is 14.1. The molecule has 2 nitrogen and oxygen atoms in total. The molecule has 116 valence electrons. The SMILES string of the molecule is C=C(/C=C\N)C/C=C/C(C)CCC(=C)SC(=C)/C=C(\C)N. The molecule has 3 heteroatoms. The third-order valence-corrected chi connectivity index (χ3v) is 3.59. The van der Waals surface area contributed by atoms with Gasteiger partial charge in [0.25, 0.3) is 0 Å². The number of rotatable bonds is 10. The lowest BCUT2D eigenvalue weighted by molar-refractivity contribution is 0.654. The zero-order valence-electron chi connectivity index (χ0n) is 13.3. The molecule has 0 spiro atoms. The number of allylic oxidation sites excluding steroid dienone is 7. The summed E-state index contributed by atoms with van der Waals surface area (Å²) in [5.74, 6) is 0.511. The third-order valence-electron chi connectivity index (χ3n) is 2.72. The molecule has 0 fully saturated rings. The maximum atomic E-state index is 5.62. The van der Waals surface area contributed by atoms with Crippen molar-refractivity contribution in [2.45, 2.75) is 33.1 Å². The fourth-order valence-corrected chi connectivity index (χ4v) is 2.50. The van der Waals surface area contributed by atoms with Crippen molar-refractivity contribution in [3.8, 4) is 0 Å². The van der Waals surface area contributed by atoms with Crippen molar-refractivity contribution in [1.29, 1.82) is 0 Å². The second kappa shape index (κ2) is 11.1. The molecule has 0 radical (unpaired) electrons. The maximum absolute atomic E-state index is 5.62. The van der Waals surface area contributed by atoms with Gasteiger partial charge in [-0.2, -0.15) is 0 Å². The molecule has 0 amide bonds. The lowest BCUT2D eigenvalue weighted by atomic mass is 10.0. The van der Waals surface area contributed by atoms with Gasteiger partial charge in [0.2, 0.25) is 0 Å². The van der Waals surface area contributed by atoms with Gasteiger partial charge in [-0.15, -0.1) is 0 Å². The van der Waals surface area contributed by atoms with Gasteiger partial charge in [-0.3, -0.25) is 0 Å². The molecule has 0 rings (SSSR count). The van der Waals surface area contributed by atoms with Gasteiger partial charge in [-0.25, -0.2) is 0 Å². The van der Waals surface area contributed by atoms with Gasteiger partial charge in [0.05, 0.1) is 0 Å². The molecule has 0 aliphatic rings. The Balaban J connectivity index is 4.02. The van der Waals surface area contributed by atoms with E-state index in [9.17, 15) is 0 Å². The maximum Gasteiger partial charge on any atom is 0.00634 e. The van der Waals surface area contributed by atoms with Crippen LogP contribution in [-0.2, 0) is 0 Å². The molecular weight excluding hydrogens is 276 g/mol. The van der Waals surface area contributed by atoms with Gasteiger partial charge < -0.3 is 11.5 Å². The first-order chi connectivity index (χ1) is 9.85. The van der Waals surface area contributed by atoms with Crippen molar-refractivity contribution >= 4 is 11.8 Å². The summed E-state index contributed by atoms with van der Waals surface area (Å²) in [5.41, 5.74) is 12.7. The molecule has 1 atom stereocenters. The van der Waals surface area contributed by atoms with Crippen LogP contribution in [0.25, 0.3) is 0 Å². The quantitative estimate of drug-likeness (QED) is 0.441. The highest BCUT2D eigenvalue weighted by atomic mass is 32.2. The van der Waals surface area contributed by atoms with Gasteiger partial charge in [-0.05, 0) is 55.4 Å². The Labute approximate surface area is 134 Å². The average Bonchev–Trinajstić information content (AvgIpc) is 2.35. The van der Waals surface area contributed by atoms with Gasteiger partial charge in [-0.1, -0.05) is 56.1 Å². The highest BCUT2D eigenvalue weighted by Crippen LogP contribution is 2.28. The van der Waals surface area contributed by atoms with E-state index in [1.807, 2.05) is 19.1 Å². The van der Waals surface area contributed by atoms with Crippen LogP contribution >= 0.6 is 11.8 Å². The van der Waals surface area contributed by atoms with Crippen LogP contribution < -0.4 is 11.5 Å². The molecule has 0 aromatic rings. The standard InChI is InChI=1S/C18H28N2S/c1-14(7-6-8-15(2)11-12-19)9-10-17(4)21-18(5)13-16(3)20/h6-7,11-14H,2,4-5,8-10,19-20H2,1,3H3/b7-6+,12-11-,16-13+. The molecule has 0 aromatic heterocycles. The monoisotopic (exact) mass is 304 g/mol. The van der Waals surface area contributed by atoms with E-state index in [-0.39, 0.29) is 0 Å². The molecule has 0 saturated carbocycles. The van der Waals surface area contributed by atoms with E-state index in [4.69, 9.17) is 11.5 Å². The Bertz CT molecular complexity index is 452. The Morgan fingerprint density at radius 2 is 1.95 bits per heavy atom. The van der Waals surface area contributed by atoms with Crippen molar-refractivity contribution in [3.05, 3.63) is 71.3 Å². The Hall–Kier alpha value is -1.61. The highest BCUT2D eigenvalue weighted by Gasteiger charge is 2.02. The van der Waals surface area contributed by atoms with Crippen molar-refractivity contribution in [2.75, 3.05) is 0 Å². The van der Waals surface area contributed by atoms with Crippen LogP contribution in [-0.4, -0.2) is 0 Å². The predicted octanol–water partition coefficient (Wildman–Crippen LogP) is 5.00. The molecule has 0 heterocycles. The van der Waals surface area contributed by atoms with Crippen molar-refractivity contribution < 1.29 is 0 Å². The molecule has 4 N–H and O–H groups in total. The van der Waals surface area contributed by atoms with Crippen molar-refractivity contribution in [2.24, 2.45) is 17.4 Å². The summed E-state index contributed by atoms with van der Waals surface area (Å²) in [4.78, 5) is 2.06. The normalized spacial score (nSPS) is 13.7. The van der Waals surface area contributed by atoms with Crippen LogP contribution in [0.5, 0.6) is 0 Å². The molecule has 1 unspecified atom stereocenters. The topological polar surface area (TPSA) is 52.0 Å². The summed E-state index contributed by atoms with van der Waals surface area (Å²) >= 11 is 1.60.